The summed E-state index contributed by atoms with van der Waals surface area (Å²) in [6, 6.07) is 0. The molecule has 0 bridgehead atoms. The van der Waals surface area contributed by atoms with Crippen LogP contribution in [0.4, 0.5) is 0 Å². The first-order valence-corrected chi connectivity index (χ1v) is 9.15. The second-order valence-electron chi connectivity index (χ2n) is 6.08. The molecule has 1 aromatic heterocycles. The number of nitrogens with one attached hydrogen (secondary N) is 1. The maximum atomic E-state index is 5.83. The van der Waals surface area contributed by atoms with Crippen LogP contribution in [0, 0.1) is 6.92 Å². The van der Waals surface area contributed by atoms with Crippen LogP contribution < -0.4 is 5.32 Å². The summed E-state index contributed by atoms with van der Waals surface area (Å²) in [5.41, 5.74) is 1.05. The first-order chi connectivity index (χ1) is 10.8. The summed E-state index contributed by atoms with van der Waals surface area (Å²) in [6.45, 7) is 5.96. The highest BCUT2D eigenvalue weighted by Gasteiger charge is 2.36. The molecule has 3 rings (SSSR count). The number of thiazole rings is 1. The van der Waals surface area contributed by atoms with Crippen molar-refractivity contribution in [2.45, 2.75) is 50.9 Å². The summed E-state index contributed by atoms with van der Waals surface area (Å²) >= 11 is 1.75. The van der Waals surface area contributed by atoms with Gasteiger partial charge in [-0.3, -0.25) is 0 Å². The van der Waals surface area contributed by atoms with E-state index < -0.39 is 0 Å². The van der Waals surface area contributed by atoms with Crippen molar-refractivity contribution in [2.24, 2.45) is 0 Å². The normalized spacial score (nSPS) is 25.2. The Kier molecular flexibility index (Phi) is 5.82. The van der Waals surface area contributed by atoms with Gasteiger partial charge in [0.25, 0.3) is 0 Å². The number of ether oxygens (including phenoxy) is 3. The molecule has 0 spiro atoms. The second-order valence-corrected chi connectivity index (χ2v) is 6.94. The molecule has 0 amide bonds. The highest BCUT2D eigenvalue weighted by molar-refractivity contribution is 7.09. The van der Waals surface area contributed by atoms with Crippen molar-refractivity contribution in [3.8, 4) is 0 Å². The summed E-state index contributed by atoms with van der Waals surface area (Å²) in [7, 11) is 0. The van der Waals surface area contributed by atoms with Gasteiger partial charge in [-0.25, -0.2) is 4.98 Å². The molecular formula is C16H26N2O3S. The van der Waals surface area contributed by atoms with Gasteiger partial charge in [0.1, 0.15) is 5.01 Å². The average Bonchev–Trinajstić information content (AvgIpc) is 3.01. The van der Waals surface area contributed by atoms with Gasteiger partial charge in [-0.2, -0.15) is 0 Å². The first-order valence-electron chi connectivity index (χ1n) is 8.27. The molecule has 1 aromatic rings. The van der Waals surface area contributed by atoms with Gasteiger partial charge in [-0.05, 0) is 39.0 Å². The van der Waals surface area contributed by atoms with E-state index in [1.165, 1.54) is 11.4 Å². The number of aryl methyl sites for hydroxylation is 1. The fourth-order valence-electron chi connectivity index (χ4n) is 3.08. The van der Waals surface area contributed by atoms with Gasteiger partial charge in [-0.1, -0.05) is 0 Å². The number of rotatable bonds is 6. The van der Waals surface area contributed by atoms with Gasteiger partial charge in [0.05, 0.1) is 12.1 Å². The molecule has 2 fully saturated rings. The molecule has 1 N–H and O–H groups in total. The minimum Gasteiger partial charge on any atom is -0.381 e. The van der Waals surface area contributed by atoms with Gasteiger partial charge in [0.15, 0.2) is 6.29 Å². The predicted molar refractivity (Wildman–Crippen MR) is 86.1 cm³/mol. The standard InChI is InChI=1S/C16H26N2O3S/c1-13-12-22-15(18-13)16(5-9-19-10-6-16)17-7-11-21-14-4-2-3-8-20-14/h12,14,17H,2-11H2,1H3/t14-/m0/s1. The van der Waals surface area contributed by atoms with Gasteiger partial charge in [0, 0.05) is 37.4 Å². The molecule has 1 atom stereocenters. The zero-order valence-electron chi connectivity index (χ0n) is 13.3. The highest BCUT2D eigenvalue weighted by atomic mass is 32.1. The van der Waals surface area contributed by atoms with E-state index in [0.29, 0.717) is 6.61 Å². The zero-order valence-corrected chi connectivity index (χ0v) is 14.1. The van der Waals surface area contributed by atoms with Gasteiger partial charge >= 0.3 is 0 Å². The molecule has 2 saturated heterocycles. The molecule has 3 heterocycles. The zero-order chi connectivity index (χ0) is 15.3. The Morgan fingerprint density at radius 2 is 2.23 bits per heavy atom. The summed E-state index contributed by atoms with van der Waals surface area (Å²) < 4.78 is 17.0. The fourth-order valence-corrected chi connectivity index (χ4v) is 4.12. The third kappa shape index (κ3) is 4.06. The van der Waals surface area contributed by atoms with Gasteiger partial charge in [-0.15, -0.1) is 11.3 Å². The quantitative estimate of drug-likeness (QED) is 0.814. The van der Waals surface area contributed by atoms with Gasteiger partial charge in [0.2, 0.25) is 0 Å². The topological polar surface area (TPSA) is 52.6 Å². The lowest BCUT2D eigenvalue weighted by molar-refractivity contribution is -0.162. The van der Waals surface area contributed by atoms with Crippen molar-refractivity contribution in [1.82, 2.24) is 10.3 Å². The molecule has 0 unspecified atom stereocenters. The Morgan fingerprint density at radius 1 is 1.36 bits per heavy atom. The lowest BCUT2D eigenvalue weighted by atomic mass is 9.90. The largest absolute Gasteiger partial charge is 0.381 e. The van der Waals surface area contributed by atoms with Crippen LogP contribution in [-0.2, 0) is 19.7 Å². The summed E-state index contributed by atoms with van der Waals surface area (Å²) in [4.78, 5) is 4.71. The Bertz CT molecular complexity index is 454. The third-order valence-corrected chi connectivity index (χ3v) is 5.55. The van der Waals surface area contributed by atoms with Crippen LogP contribution in [0.5, 0.6) is 0 Å². The second kappa shape index (κ2) is 7.84. The van der Waals surface area contributed by atoms with Crippen LogP contribution >= 0.6 is 11.3 Å². The molecule has 6 heteroatoms. The molecule has 22 heavy (non-hydrogen) atoms. The van der Waals surface area contributed by atoms with E-state index >= 15 is 0 Å². The van der Waals surface area contributed by atoms with E-state index in [1.807, 2.05) is 0 Å². The Hall–Kier alpha value is -0.530. The lowest BCUT2D eigenvalue weighted by Gasteiger charge is -2.36. The van der Waals surface area contributed by atoms with Crippen LogP contribution in [0.15, 0.2) is 5.38 Å². The Balaban J connectivity index is 1.52. The molecule has 0 radical (unpaired) electrons. The molecule has 0 aliphatic carbocycles. The van der Waals surface area contributed by atoms with E-state index in [1.54, 1.807) is 11.3 Å². The molecule has 2 aliphatic rings. The van der Waals surface area contributed by atoms with Crippen LogP contribution in [0.1, 0.15) is 42.8 Å². The number of aromatic nitrogens is 1. The number of nitrogens with zero attached hydrogens (tertiary/aromatic N) is 1. The molecule has 0 aromatic carbocycles. The maximum Gasteiger partial charge on any atom is 0.157 e. The molecule has 124 valence electrons. The van der Waals surface area contributed by atoms with Gasteiger partial charge < -0.3 is 19.5 Å². The van der Waals surface area contributed by atoms with Crippen molar-refractivity contribution in [3.05, 3.63) is 16.1 Å². The molecule has 0 saturated carbocycles. The van der Waals surface area contributed by atoms with Crippen molar-refractivity contribution in [3.63, 3.8) is 0 Å². The highest BCUT2D eigenvalue weighted by Crippen LogP contribution is 2.34. The SMILES string of the molecule is Cc1csc(C2(NCCO[C@H]3CCCCO3)CCOCC2)n1. The Labute approximate surface area is 136 Å². The van der Waals surface area contributed by atoms with Crippen LogP contribution in [-0.4, -0.2) is 44.2 Å². The van der Waals surface area contributed by atoms with Crippen molar-refractivity contribution in [1.29, 1.82) is 0 Å². The first kappa shape index (κ1) is 16.3. The predicted octanol–water partition coefficient (Wildman–Crippen LogP) is 2.59. The van der Waals surface area contributed by atoms with E-state index in [4.69, 9.17) is 19.2 Å². The monoisotopic (exact) mass is 326 g/mol. The van der Waals surface area contributed by atoms with E-state index in [9.17, 15) is 0 Å². The summed E-state index contributed by atoms with van der Waals surface area (Å²) in [6.07, 6.45) is 5.32. The number of hydrogen-bond acceptors (Lipinski definition) is 6. The van der Waals surface area contributed by atoms with Crippen molar-refractivity contribution < 1.29 is 14.2 Å². The number of hydrogen-bond donors (Lipinski definition) is 1. The minimum atomic E-state index is -0.0477. The van der Waals surface area contributed by atoms with Crippen molar-refractivity contribution >= 4 is 11.3 Å². The van der Waals surface area contributed by atoms with E-state index in [0.717, 1.165) is 57.7 Å². The lowest BCUT2D eigenvalue weighted by Crippen LogP contribution is -2.48. The summed E-state index contributed by atoms with van der Waals surface area (Å²) in [5.74, 6) is 0. The van der Waals surface area contributed by atoms with Crippen molar-refractivity contribution in [2.75, 3.05) is 33.0 Å². The van der Waals surface area contributed by atoms with E-state index in [-0.39, 0.29) is 11.8 Å². The smallest absolute Gasteiger partial charge is 0.157 e. The minimum absolute atomic E-state index is 0.0108. The molecule has 5 nitrogen and oxygen atoms in total. The molecule has 2 aliphatic heterocycles. The fraction of sp³-hybridized carbons (Fsp3) is 0.812. The summed E-state index contributed by atoms with van der Waals surface area (Å²) in [5, 5.41) is 7.00. The van der Waals surface area contributed by atoms with Crippen LogP contribution in [0.25, 0.3) is 0 Å². The average molecular weight is 326 g/mol. The maximum absolute atomic E-state index is 5.83. The van der Waals surface area contributed by atoms with Crippen LogP contribution in [0.2, 0.25) is 0 Å². The Morgan fingerprint density at radius 3 is 2.91 bits per heavy atom. The third-order valence-electron chi connectivity index (χ3n) is 4.38. The van der Waals surface area contributed by atoms with E-state index in [2.05, 4.69) is 17.6 Å². The van der Waals surface area contributed by atoms with Crippen LogP contribution in [0.3, 0.4) is 0 Å². The molecular weight excluding hydrogens is 300 g/mol.